The van der Waals surface area contributed by atoms with Crippen LogP contribution in [-0.4, -0.2) is 15.0 Å². The van der Waals surface area contributed by atoms with E-state index in [1.54, 1.807) is 0 Å². The maximum absolute atomic E-state index is 4.77. The van der Waals surface area contributed by atoms with E-state index in [0.29, 0.717) is 0 Å². The minimum Gasteiger partial charge on any atom is -0.256 e. The first-order valence-electron chi connectivity index (χ1n) is 24.9. The van der Waals surface area contributed by atoms with Crippen molar-refractivity contribution in [3.63, 3.8) is 0 Å². The molecule has 3 aromatic heterocycles. The van der Waals surface area contributed by atoms with Crippen molar-refractivity contribution in [3.05, 3.63) is 302 Å². The summed E-state index contributed by atoms with van der Waals surface area (Å²) in [6, 6.07) is 88.8. The summed E-state index contributed by atoms with van der Waals surface area (Å²) in [6.45, 7) is 0. The molecular weight excluding hydrogens is 883 g/mol. The fourth-order valence-corrected chi connectivity index (χ4v) is 10.1. The molecule has 0 atom stereocenters. The number of nitrogens with zero attached hydrogens (tertiary/aromatic N) is 3. The number of benzene rings is 8. The summed E-state index contributed by atoms with van der Waals surface area (Å²) < 4.78 is 0. The lowest BCUT2D eigenvalue weighted by Crippen LogP contribution is -1.94. The van der Waals surface area contributed by atoms with Gasteiger partial charge in [-0.2, -0.15) is 0 Å². The van der Waals surface area contributed by atoms with E-state index >= 15 is 0 Å². The topological polar surface area (TPSA) is 38.7 Å². The van der Waals surface area contributed by atoms with Crippen LogP contribution in [0.3, 0.4) is 0 Å². The van der Waals surface area contributed by atoms with Crippen LogP contribution in [0.1, 0.15) is 23.1 Å². The Labute approximate surface area is 427 Å². The second-order valence-electron chi connectivity index (χ2n) is 18.3. The van der Waals surface area contributed by atoms with Crippen LogP contribution in [0.2, 0.25) is 0 Å². The second-order valence-corrected chi connectivity index (χ2v) is 18.3. The van der Waals surface area contributed by atoms with Gasteiger partial charge in [0.1, 0.15) is 0 Å². The molecule has 0 saturated carbocycles. The predicted molar refractivity (Wildman–Crippen MR) is 305 cm³/mol. The lowest BCUT2D eigenvalue weighted by atomic mass is 9.86. The Bertz CT molecular complexity index is 3800. The summed E-state index contributed by atoms with van der Waals surface area (Å²) in [5.74, 6) is 0. The number of allylic oxidation sites excluding steroid dienone is 6. The molecule has 344 valence electrons. The highest BCUT2D eigenvalue weighted by Gasteiger charge is 2.20. The smallest absolute Gasteiger partial charge is 0.0702 e. The van der Waals surface area contributed by atoms with Crippen LogP contribution in [0, 0.1) is 0 Å². The van der Waals surface area contributed by atoms with Crippen LogP contribution in [0.5, 0.6) is 0 Å². The van der Waals surface area contributed by atoms with Gasteiger partial charge in [0, 0.05) is 35.3 Å². The fraction of sp³-hybridized carbons (Fsp3) is 0.0143. The molecule has 0 aliphatic heterocycles. The zero-order chi connectivity index (χ0) is 48.8. The molecule has 0 fully saturated rings. The fourth-order valence-electron chi connectivity index (χ4n) is 10.1. The van der Waals surface area contributed by atoms with Crippen molar-refractivity contribution in [1.82, 2.24) is 15.0 Å². The molecule has 0 amide bonds. The molecule has 3 heteroatoms. The van der Waals surface area contributed by atoms with Gasteiger partial charge in [-0.15, -0.1) is 0 Å². The summed E-state index contributed by atoms with van der Waals surface area (Å²) in [6.07, 6.45) is 13.6. The Kier molecular flexibility index (Phi) is 12.5. The Morgan fingerprint density at radius 2 is 0.616 bits per heavy atom. The van der Waals surface area contributed by atoms with Crippen molar-refractivity contribution in [2.75, 3.05) is 0 Å². The minimum absolute atomic E-state index is 0.722. The number of hydrogen-bond acceptors (Lipinski definition) is 3. The normalized spacial score (nSPS) is 12.3. The van der Waals surface area contributed by atoms with Gasteiger partial charge in [-0.1, -0.05) is 218 Å². The standard InChI is InChI=1S/C70H49N3/c1-2-16-49(17-3-1)50-27-29-53(30-28-50)67-48-58(70-26-12-15-45-73-70)41-42-66(67)65-23-9-8-21-63(65)57-40-39-56(62-20-6-4-18-60(62)51-31-35-54(36-32-51)68-24-10-13-43-71-68)46-59(47-57)64-22-7-5-19-61(64)52-33-37-55(38-34-52)69-25-11-14-44-72-69/h1-38,40-48H,39H2. The van der Waals surface area contributed by atoms with E-state index in [-0.39, 0.29) is 0 Å². The zero-order valence-electron chi connectivity index (χ0n) is 40.2. The van der Waals surface area contributed by atoms with Crippen molar-refractivity contribution >= 4 is 16.7 Å². The number of hydrogen-bond donors (Lipinski definition) is 0. The molecule has 11 aromatic rings. The van der Waals surface area contributed by atoms with Crippen molar-refractivity contribution in [2.45, 2.75) is 6.42 Å². The molecule has 8 aromatic carbocycles. The zero-order valence-corrected chi connectivity index (χ0v) is 40.2. The maximum Gasteiger partial charge on any atom is 0.0702 e. The van der Waals surface area contributed by atoms with E-state index in [2.05, 4.69) is 247 Å². The average Bonchev–Trinajstić information content (AvgIpc) is 3.72. The van der Waals surface area contributed by atoms with Crippen molar-refractivity contribution in [2.24, 2.45) is 0 Å². The molecule has 0 radical (unpaired) electrons. The van der Waals surface area contributed by atoms with Gasteiger partial charge in [-0.3, -0.25) is 15.0 Å². The third-order valence-electron chi connectivity index (χ3n) is 13.8. The summed E-state index contributed by atoms with van der Waals surface area (Å²) in [5.41, 5.74) is 24.8. The average molecular weight is 932 g/mol. The summed E-state index contributed by atoms with van der Waals surface area (Å²) >= 11 is 0. The minimum atomic E-state index is 0.722. The summed E-state index contributed by atoms with van der Waals surface area (Å²) in [7, 11) is 0. The highest BCUT2D eigenvalue weighted by atomic mass is 14.7. The van der Waals surface area contributed by atoms with Crippen LogP contribution in [0.15, 0.2) is 286 Å². The Balaban J connectivity index is 1.00. The van der Waals surface area contributed by atoms with E-state index < -0.39 is 0 Å². The molecule has 0 N–H and O–H groups in total. The quantitative estimate of drug-likeness (QED) is 0.130. The van der Waals surface area contributed by atoms with Gasteiger partial charge < -0.3 is 0 Å². The van der Waals surface area contributed by atoms with Crippen molar-refractivity contribution < 1.29 is 0 Å². The highest BCUT2D eigenvalue weighted by molar-refractivity contribution is 6.02. The van der Waals surface area contributed by atoms with E-state index in [1.807, 2.05) is 48.9 Å². The number of rotatable bonds is 11. The predicted octanol–water partition coefficient (Wildman–Crippen LogP) is 18.2. The van der Waals surface area contributed by atoms with Gasteiger partial charge in [0.25, 0.3) is 0 Å². The van der Waals surface area contributed by atoms with Crippen LogP contribution < -0.4 is 0 Å². The summed E-state index contributed by atoms with van der Waals surface area (Å²) in [5, 5.41) is 0. The SMILES string of the molecule is C1=C(c2ccccc2-c2ccc(-c3ccccn3)cc2)C=C(c2ccccc2-c2ccc(-c3ccccn3)cc2)CC=C1c1ccccc1-c1ccc(-c2ccccn2)cc1-c1ccc(-c2ccccc2)cc1. The molecule has 1 aliphatic rings. The Morgan fingerprint density at radius 1 is 0.233 bits per heavy atom. The monoisotopic (exact) mass is 931 g/mol. The van der Waals surface area contributed by atoms with E-state index in [1.165, 1.54) is 27.8 Å². The maximum atomic E-state index is 4.77. The van der Waals surface area contributed by atoms with Gasteiger partial charge >= 0.3 is 0 Å². The van der Waals surface area contributed by atoms with Crippen LogP contribution in [-0.2, 0) is 0 Å². The van der Waals surface area contributed by atoms with Gasteiger partial charge in [-0.25, -0.2) is 0 Å². The highest BCUT2D eigenvalue weighted by Crippen LogP contribution is 2.44. The summed E-state index contributed by atoms with van der Waals surface area (Å²) in [4.78, 5) is 14.0. The molecule has 0 unspecified atom stereocenters. The third kappa shape index (κ3) is 9.44. The molecule has 12 rings (SSSR count). The van der Waals surface area contributed by atoms with Crippen LogP contribution in [0.25, 0.3) is 106 Å². The van der Waals surface area contributed by atoms with Crippen molar-refractivity contribution in [3.8, 4) is 89.4 Å². The van der Waals surface area contributed by atoms with Crippen molar-refractivity contribution in [1.29, 1.82) is 0 Å². The number of aromatic nitrogens is 3. The first-order valence-corrected chi connectivity index (χ1v) is 24.9. The molecule has 73 heavy (non-hydrogen) atoms. The second kappa shape index (κ2) is 20.4. The first-order chi connectivity index (χ1) is 36.2. The van der Waals surface area contributed by atoms with E-state index in [0.717, 1.165) is 101 Å². The van der Waals surface area contributed by atoms with Gasteiger partial charge in [0.2, 0.25) is 0 Å². The lowest BCUT2D eigenvalue weighted by molar-refractivity contribution is 1.33. The third-order valence-corrected chi connectivity index (χ3v) is 13.8. The van der Waals surface area contributed by atoms with Gasteiger partial charge in [0.15, 0.2) is 0 Å². The van der Waals surface area contributed by atoms with E-state index in [9.17, 15) is 0 Å². The molecule has 3 nitrogen and oxygen atoms in total. The lowest BCUT2D eigenvalue weighted by Gasteiger charge is -2.18. The molecular formula is C70H49N3. The van der Waals surface area contributed by atoms with E-state index in [4.69, 9.17) is 4.98 Å². The molecule has 1 aliphatic carbocycles. The van der Waals surface area contributed by atoms with Crippen LogP contribution >= 0.6 is 0 Å². The van der Waals surface area contributed by atoms with Gasteiger partial charge in [-0.05, 0) is 144 Å². The van der Waals surface area contributed by atoms with Gasteiger partial charge in [0.05, 0.1) is 17.1 Å². The molecule has 3 heterocycles. The Hall–Kier alpha value is -9.57. The molecule has 0 spiro atoms. The first kappa shape index (κ1) is 44.6. The largest absolute Gasteiger partial charge is 0.256 e. The molecule has 0 bridgehead atoms. The Morgan fingerprint density at radius 3 is 1.16 bits per heavy atom. The molecule has 0 saturated heterocycles. The number of pyridine rings is 3. The van der Waals surface area contributed by atoms with Crippen LogP contribution in [0.4, 0.5) is 0 Å².